The van der Waals surface area contributed by atoms with Crippen molar-refractivity contribution in [3.05, 3.63) is 28.9 Å². The van der Waals surface area contributed by atoms with E-state index in [0.29, 0.717) is 23.8 Å². The van der Waals surface area contributed by atoms with Gasteiger partial charge < -0.3 is 19.5 Å². The largest absolute Gasteiger partial charge is 0.486 e. The number of benzene rings is 1. The molecule has 1 aromatic carbocycles. The predicted molar refractivity (Wildman–Crippen MR) is 104 cm³/mol. The fraction of sp³-hybridized carbons (Fsp3) is 0.550. The highest BCUT2D eigenvalue weighted by atomic mass is 35.5. The van der Waals surface area contributed by atoms with Gasteiger partial charge in [-0.15, -0.1) is 0 Å². The van der Waals surface area contributed by atoms with E-state index in [9.17, 15) is 4.79 Å². The second-order valence-corrected chi connectivity index (χ2v) is 7.66. The number of hydrogen-bond donors (Lipinski definition) is 1. The molecule has 2 aromatic rings. The first-order valence-corrected chi connectivity index (χ1v) is 10.0. The molecule has 1 amide bonds. The van der Waals surface area contributed by atoms with Gasteiger partial charge in [-0.3, -0.25) is 4.79 Å². The van der Waals surface area contributed by atoms with Crippen LogP contribution in [0.15, 0.2) is 18.2 Å². The summed E-state index contributed by atoms with van der Waals surface area (Å²) in [5.74, 6) is 0.789. The minimum Gasteiger partial charge on any atom is -0.486 e. The molecule has 0 bridgehead atoms. The highest BCUT2D eigenvalue weighted by molar-refractivity contribution is 6.36. The smallest absolute Gasteiger partial charge is 0.267 e. The van der Waals surface area contributed by atoms with Crippen LogP contribution in [0, 0.1) is 0 Å². The normalized spacial score (nSPS) is 19.7. The molecular formula is C20H26ClN3O2. The average molecular weight is 376 g/mol. The van der Waals surface area contributed by atoms with E-state index in [0.717, 1.165) is 36.0 Å². The summed E-state index contributed by atoms with van der Waals surface area (Å²) in [5.41, 5.74) is 1.61. The lowest BCUT2D eigenvalue weighted by atomic mass is 10.2. The maximum atomic E-state index is 12.8. The molecule has 2 aliphatic heterocycles. The van der Waals surface area contributed by atoms with Crippen LogP contribution in [0.2, 0.25) is 5.02 Å². The van der Waals surface area contributed by atoms with Crippen molar-refractivity contribution in [1.82, 2.24) is 14.8 Å². The summed E-state index contributed by atoms with van der Waals surface area (Å²) in [5, 5.41) is 4.63. The average Bonchev–Trinajstić information content (AvgIpc) is 3.30. The first-order valence-electron chi connectivity index (χ1n) is 9.66. The van der Waals surface area contributed by atoms with Gasteiger partial charge in [0.25, 0.3) is 5.91 Å². The standard InChI is InChI=1S/C20H26ClN3O2/c1-2-14-13-24-17(12-15-16(21)6-7-18(26-14)19(15)24)20(25)22-8-5-11-23-9-3-4-10-23/h6-7,12,14H,2-5,8-11,13H2,1H3,(H,22,25)/t14-/m1/s1. The van der Waals surface area contributed by atoms with Crippen LogP contribution < -0.4 is 10.1 Å². The number of halogens is 1. The highest BCUT2D eigenvalue weighted by Gasteiger charge is 2.26. The van der Waals surface area contributed by atoms with Crippen molar-refractivity contribution in [2.75, 3.05) is 26.2 Å². The van der Waals surface area contributed by atoms with Crippen molar-refractivity contribution < 1.29 is 9.53 Å². The SMILES string of the molecule is CC[C@@H]1Cn2c(C(=O)NCCCN3CCCC3)cc3c(Cl)ccc(c32)O1. The molecule has 5 nitrogen and oxygen atoms in total. The number of carbonyl (C=O) groups is 1. The van der Waals surface area contributed by atoms with Gasteiger partial charge in [0.05, 0.1) is 17.1 Å². The van der Waals surface area contributed by atoms with Crippen LogP contribution in [-0.4, -0.2) is 47.7 Å². The Hall–Kier alpha value is -1.72. The van der Waals surface area contributed by atoms with Gasteiger partial charge in [-0.05, 0) is 63.5 Å². The van der Waals surface area contributed by atoms with E-state index in [1.807, 2.05) is 18.2 Å². The molecule has 1 saturated heterocycles. The van der Waals surface area contributed by atoms with Crippen LogP contribution in [0.3, 0.4) is 0 Å². The quantitative estimate of drug-likeness (QED) is 0.783. The number of amides is 1. The molecule has 0 saturated carbocycles. The molecule has 1 N–H and O–H groups in total. The Bertz CT molecular complexity index is 811. The molecule has 0 spiro atoms. The van der Waals surface area contributed by atoms with E-state index < -0.39 is 0 Å². The van der Waals surface area contributed by atoms with Crippen molar-refractivity contribution in [2.24, 2.45) is 0 Å². The van der Waals surface area contributed by atoms with E-state index in [1.165, 1.54) is 25.9 Å². The summed E-state index contributed by atoms with van der Waals surface area (Å²) < 4.78 is 8.11. The zero-order valence-corrected chi connectivity index (χ0v) is 16.0. The molecule has 140 valence electrons. The van der Waals surface area contributed by atoms with Gasteiger partial charge in [0.2, 0.25) is 0 Å². The summed E-state index contributed by atoms with van der Waals surface area (Å²) in [7, 11) is 0. The van der Waals surface area contributed by atoms with Crippen LogP contribution in [0.5, 0.6) is 5.75 Å². The van der Waals surface area contributed by atoms with Gasteiger partial charge in [-0.1, -0.05) is 18.5 Å². The first kappa shape index (κ1) is 17.7. The Balaban J connectivity index is 1.50. The monoisotopic (exact) mass is 375 g/mol. The third-order valence-electron chi connectivity index (χ3n) is 5.47. The maximum Gasteiger partial charge on any atom is 0.267 e. The second-order valence-electron chi connectivity index (χ2n) is 7.25. The topological polar surface area (TPSA) is 46.5 Å². The van der Waals surface area contributed by atoms with Crippen molar-refractivity contribution in [3.63, 3.8) is 0 Å². The zero-order valence-electron chi connectivity index (χ0n) is 15.3. The summed E-state index contributed by atoms with van der Waals surface area (Å²) in [6, 6.07) is 5.65. The van der Waals surface area contributed by atoms with Crippen LogP contribution in [0.25, 0.3) is 10.9 Å². The van der Waals surface area contributed by atoms with Gasteiger partial charge in [-0.25, -0.2) is 0 Å². The Labute approximate surface area is 159 Å². The lowest BCUT2D eigenvalue weighted by Crippen LogP contribution is -2.32. The Morgan fingerprint density at radius 1 is 1.35 bits per heavy atom. The van der Waals surface area contributed by atoms with Crippen molar-refractivity contribution in [3.8, 4) is 5.75 Å². The number of nitrogens with zero attached hydrogens (tertiary/aromatic N) is 2. The van der Waals surface area contributed by atoms with Crippen molar-refractivity contribution >= 4 is 28.4 Å². The molecule has 1 fully saturated rings. The Morgan fingerprint density at radius 3 is 2.92 bits per heavy atom. The number of aromatic nitrogens is 1. The molecule has 3 heterocycles. The first-order chi connectivity index (χ1) is 12.7. The summed E-state index contributed by atoms with van der Waals surface area (Å²) in [6.07, 6.45) is 4.57. The minimum atomic E-state index is -0.0265. The summed E-state index contributed by atoms with van der Waals surface area (Å²) >= 11 is 6.36. The molecule has 4 rings (SSSR count). The molecule has 1 aromatic heterocycles. The van der Waals surface area contributed by atoms with E-state index in [1.54, 1.807) is 0 Å². The number of carbonyl (C=O) groups excluding carboxylic acids is 1. The van der Waals surface area contributed by atoms with Gasteiger partial charge in [0.15, 0.2) is 0 Å². The molecule has 1 atom stereocenters. The summed E-state index contributed by atoms with van der Waals surface area (Å²) in [6.45, 7) is 6.94. The van der Waals surface area contributed by atoms with E-state index in [-0.39, 0.29) is 12.0 Å². The number of nitrogens with one attached hydrogen (secondary N) is 1. The molecule has 0 radical (unpaired) electrons. The van der Waals surface area contributed by atoms with Crippen LogP contribution in [0.4, 0.5) is 0 Å². The van der Waals surface area contributed by atoms with Crippen LogP contribution in [-0.2, 0) is 6.54 Å². The zero-order chi connectivity index (χ0) is 18.1. The molecule has 0 unspecified atom stereocenters. The second kappa shape index (κ2) is 7.49. The van der Waals surface area contributed by atoms with Gasteiger partial charge >= 0.3 is 0 Å². The van der Waals surface area contributed by atoms with E-state index >= 15 is 0 Å². The lowest BCUT2D eigenvalue weighted by molar-refractivity contribution is 0.0936. The van der Waals surface area contributed by atoms with E-state index in [2.05, 4.69) is 21.7 Å². The molecule has 2 aliphatic rings. The number of rotatable bonds is 6. The molecule has 26 heavy (non-hydrogen) atoms. The highest BCUT2D eigenvalue weighted by Crippen LogP contribution is 2.38. The van der Waals surface area contributed by atoms with Gasteiger partial charge in [0.1, 0.15) is 17.5 Å². The van der Waals surface area contributed by atoms with Gasteiger partial charge in [0, 0.05) is 11.9 Å². The van der Waals surface area contributed by atoms with Crippen LogP contribution >= 0.6 is 11.6 Å². The number of hydrogen-bond acceptors (Lipinski definition) is 3. The lowest BCUT2D eigenvalue weighted by Gasteiger charge is -2.26. The van der Waals surface area contributed by atoms with E-state index in [4.69, 9.17) is 16.3 Å². The molecule has 0 aliphatic carbocycles. The van der Waals surface area contributed by atoms with Gasteiger partial charge in [-0.2, -0.15) is 0 Å². The summed E-state index contributed by atoms with van der Waals surface area (Å²) in [4.78, 5) is 15.3. The number of ether oxygens (including phenoxy) is 1. The van der Waals surface area contributed by atoms with Crippen LogP contribution in [0.1, 0.15) is 43.1 Å². The predicted octanol–water partition coefficient (Wildman–Crippen LogP) is 3.68. The Morgan fingerprint density at radius 2 is 2.15 bits per heavy atom. The fourth-order valence-corrected chi connectivity index (χ4v) is 4.23. The third kappa shape index (κ3) is 3.30. The Kier molecular flexibility index (Phi) is 5.09. The number of likely N-dealkylation sites (tertiary alicyclic amines) is 1. The minimum absolute atomic E-state index is 0.0265. The third-order valence-corrected chi connectivity index (χ3v) is 5.80. The van der Waals surface area contributed by atoms with Crippen molar-refractivity contribution in [2.45, 2.75) is 45.3 Å². The molecular weight excluding hydrogens is 350 g/mol. The molecule has 6 heteroatoms. The van der Waals surface area contributed by atoms with Crippen molar-refractivity contribution in [1.29, 1.82) is 0 Å². The maximum absolute atomic E-state index is 12.8. The fourth-order valence-electron chi connectivity index (χ4n) is 4.02.